The van der Waals surface area contributed by atoms with Crippen molar-refractivity contribution in [2.45, 2.75) is 25.6 Å². The van der Waals surface area contributed by atoms with Crippen LogP contribution >= 0.6 is 0 Å². The lowest BCUT2D eigenvalue weighted by atomic mass is 9.87. The molecule has 0 amide bonds. The van der Waals surface area contributed by atoms with Crippen LogP contribution in [0, 0.1) is 0 Å². The highest BCUT2D eigenvalue weighted by Gasteiger charge is 2.31. The average molecular weight is 140 g/mol. The first-order valence-electron chi connectivity index (χ1n) is 3.31. The van der Waals surface area contributed by atoms with E-state index < -0.39 is 11.7 Å². The van der Waals surface area contributed by atoms with Crippen molar-refractivity contribution >= 4 is 0 Å². The fraction of sp³-hybridized carbons (Fsp3) is 0.500. The maximum absolute atomic E-state index is 9.54. The molecule has 1 aliphatic carbocycles. The maximum Gasteiger partial charge on any atom is 0.112 e. The Hall–Kier alpha value is -0.600. The Morgan fingerprint density at radius 1 is 1.60 bits per heavy atom. The van der Waals surface area contributed by atoms with E-state index in [1.54, 1.807) is 32.1 Å². The van der Waals surface area contributed by atoms with Gasteiger partial charge in [-0.15, -0.1) is 0 Å². The van der Waals surface area contributed by atoms with Gasteiger partial charge in [0.1, 0.15) is 11.7 Å². The maximum atomic E-state index is 9.54. The number of allylic oxidation sites excluding steroid dienone is 2. The Morgan fingerprint density at radius 3 is 2.60 bits per heavy atom. The largest absolute Gasteiger partial charge is 0.386 e. The van der Waals surface area contributed by atoms with Gasteiger partial charge in [-0.3, -0.25) is 0 Å². The van der Waals surface area contributed by atoms with Crippen LogP contribution in [0.15, 0.2) is 23.8 Å². The van der Waals surface area contributed by atoms with Gasteiger partial charge < -0.3 is 10.2 Å². The molecular weight excluding hydrogens is 128 g/mol. The Balaban J connectivity index is 2.93. The summed E-state index contributed by atoms with van der Waals surface area (Å²) in [5.74, 6) is 0. The minimum atomic E-state index is -1.07. The normalized spacial score (nSPS) is 39.6. The molecule has 0 saturated heterocycles. The molecule has 0 bridgehead atoms. The molecule has 0 spiro atoms. The molecule has 0 aromatic rings. The number of aliphatic hydroxyl groups excluding tert-OH is 1. The molecule has 0 radical (unpaired) electrons. The number of aliphatic hydroxyl groups is 2. The molecule has 0 aromatic carbocycles. The average Bonchev–Trinajstić information content (AvgIpc) is 1.84. The van der Waals surface area contributed by atoms with Crippen molar-refractivity contribution in [1.29, 1.82) is 0 Å². The molecule has 56 valence electrons. The lowest BCUT2D eigenvalue weighted by Crippen LogP contribution is -2.40. The molecule has 1 aliphatic rings. The van der Waals surface area contributed by atoms with E-state index in [0.717, 1.165) is 5.57 Å². The second-order valence-electron chi connectivity index (χ2n) is 2.83. The summed E-state index contributed by atoms with van der Waals surface area (Å²) in [6.07, 6.45) is 4.36. The summed E-state index contributed by atoms with van der Waals surface area (Å²) in [4.78, 5) is 0. The van der Waals surface area contributed by atoms with Crippen LogP contribution in [0.25, 0.3) is 0 Å². The van der Waals surface area contributed by atoms with Crippen molar-refractivity contribution in [1.82, 2.24) is 0 Å². The summed E-state index contributed by atoms with van der Waals surface area (Å²) < 4.78 is 0. The van der Waals surface area contributed by atoms with Crippen molar-refractivity contribution in [3.63, 3.8) is 0 Å². The van der Waals surface area contributed by atoms with Crippen LogP contribution in [0.1, 0.15) is 13.8 Å². The highest BCUT2D eigenvalue weighted by molar-refractivity contribution is 5.28. The zero-order valence-electron chi connectivity index (χ0n) is 6.20. The monoisotopic (exact) mass is 140 g/mol. The molecule has 0 aromatic heterocycles. The molecule has 1 rings (SSSR count). The molecule has 2 atom stereocenters. The molecule has 0 aliphatic heterocycles. The number of rotatable bonds is 0. The molecule has 0 saturated carbocycles. The van der Waals surface area contributed by atoms with Crippen molar-refractivity contribution in [3.8, 4) is 0 Å². The van der Waals surface area contributed by atoms with E-state index >= 15 is 0 Å². The second-order valence-corrected chi connectivity index (χ2v) is 2.83. The standard InChI is InChI=1S/C8H12O2/c1-6-4-3-5-7(9)8(6,2)10/h3-5,7,9-10H,1-2H3/t7-,8+/m0/s1. The lowest BCUT2D eigenvalue weighted by molar-refractivity contribution is -0.00999. The summed E-state index contributed by atoms with van der Waals surface area (Å²) in [5, 5.41) is 18.8. The van der Waals surface area contributed by atoms with Gasteiger partial charge in [-0.2, -0.15) is 0 Å². The lowest BCUT2D eigenvalue weighted by Gasteiger charge is -2.30. The minimum Gasteiger partial charge on any atom is -0.386 e. The van der Waals surface area contributed by atoms with E-state index in [9.17, 15) is 10.2 Å². The van der Waals surface area contributed by atoms with Gasteiger partial charge >= 0.3 is 0 Å². The van der Waals surface area contributed by atoms with Gasteiger partial charge in [0, 0.05) is 0 Å². The third-order valence-corrected chi connectivity index (χ3v) is 2.01. The molecule has 10 heavy (non-hydrogen) atoms. The summed E-state index contributed by atoms with van der Waals surface area (Å²) in [6.45, 7) is 3.40. The van der Waals surface area contributed by atoms with E-state index in [1.165, 1.54) is 0 Å². The zero-order chi connectivity index (χ0) is 7.78. The summed E-state index contributed by atoms with van der Waals surface area (Å²) in [6, 6.07) is 0. The van der Waals surface area contributed by atoms with Gasteiger partial charge in [0.25, 0.3) is 0 Å². The summed E-state index contributed by atoms with van der Waals surface area (Å²) in [5.41, 5.74) is -0.281. The second kappa shape index (κ2) is 2.22. The van der Waals surface area contributed by atoms with Crippen LogP contribution in [0.5, 0.6) is 0 Å². The van der Waals surface area contributed by atoms with Crippen molar-refractivity contribution in [2.75, 3.05) is 0 Å². The highest BCUT2D eigenvalue weighted by atomic mass is 16.3. The quantitative estimate of drug-likeness (QED) is 0.517. The molecule has 0 fully saturated rings. The van der Waals surface area contributed by atoms with Gasteiger partial charge in [0.05, 0.1) is 0 Å². The van der Waals surface area contributed by atoms with Gasteiger partial charge in [-0.1, -0.05) is 18.2 Å². The smallest absolute Gasteiger partial charge is 0.112 e. The Kier molecular flexibility index (Phi) is 1.67. The van der Waals surface area contributed by atoms with Crippen LogP contribution in [0.2, 0.25) is 0 Å². The minimum absolute atomic E-state index is 0.766. The topological polar surface area (TPSA) is 40.5 Å². The van der Waals surface area contributed by atoms with Crippen LogP contribution in [-0.2, 0) is 0 Å². The third-order valence-electron chi connectivity index (χ3n) is 2.01. The number of hydrogen-bond donors (Lipinski definition) is 2. The van der Waals surface area contributed by atoms with Crippen LogP contribution in [0.3, 0.4) is 0 Å². The van der Waals surface area contributed by atoms with E-state index in [2.05, 4.69) is 0 Å². The van der Waals surface area contributed by atoms with Crippen molar-refractivity contribution in [2.24, 2.45) is 0 Å². The van der Waals surface area contributed by atoms with Crippen molar-refractivity contribution in [3.05, 3.63) is 23.8 Å². The molecule has 2 heteroatoms. The summed E-state index contributed by atoms with van der Waals surface area (Å²) in [7, 11) is 0. The van der Waals surface area contributed by atoms with E-state index in [0.29, 0.717) is 0 Å². The Bertz CT molecular complexity index is 189. The van der Waals surface area contributed by atoms with Crippen LogP contribution in [0.4, 0.5) is 0 Å². The van der Waals surface area contributed by atoms with E-state index in [-0.39, 0.29) is 0 Å². The Labute approximate surface area is 60.5 Å². The highest BCUT2D eigenvalue weighted by Crippen LogP contribution is 2.24. The Morgan fingerprint density at radius 2 is 2.20 bits per heavy atom. The first kappa shape index (κ1) is 7.51. The number of hydrogen-bond acceptors (Lipinski definition) is 2. The molecule has 0 unspecified atom stereocenters. The molecule has 0 heterocycles. The van der Waals surface area contributed by atoms with E-state index in [4.69, 9.17) is 0 Å². The predicted octanol–water partition coefficient (Wildman–Crippen LogP) is 0.614. The fourth-order valence-electron chi connectivity index (χ4n) is 0.894. The third kappa shape index (κ3) is 1.00. The fourth-order valence-corrected chi connectivity index (χ4v) is 0.894. The zero-order valence-corrected chi connectivity index (χ0v) is 6.20. The van der Waals surface area contributed by atoms with Gasteiger partial charge in [0.2, 0.25) is 0 Å². The predicted molar refractivity (Wildman–Crippen MR) is 39.5 cm³/mol. The first-order chi connectivity index (χ1) is 4.55. The van der Waals surface area contributed by atoms with Gasteiger partial charge in [0.15, 0.2) is 0 Å². The first-order valence-corrected chi connectivity index (χ1v) is 3.31. The van der Waals surface area contributed by atoms with Gasteiger partial charge in [-0.25, -0.2) is 0 Å². The van der Waals surface area contributed by atoms with Gasteiger partial charge in [-0.05, 0) is 19.4 Å². The molecular formula is C8H12O2. The summed E-state index contributed by atoms with van der Waals surface area (Å²) >= 11 is 0. The molecule has 2 N–H and O–H groups in total. The van der Waals surface area contributed by atoms with Crippen LogP contribution < -0.4 is 0 Å². The van der Waals surface area contributed by atoms with E-state index in [1.807, 2.05) is 0 Å². The molecule has 2 nitrogen and oxygen atoms in total. The SMILES string of the molecule is CC1=CC=C[C@H](O)[C@]1(C)O. The van der Waals surface area contributed by atoms with Crippen LogP contribution in [-0.4, -0.2) is 21.9 Å². The van der Waals surface area contributed by atoms with Crippen molar-refractivity contribution < 1.29 is 10.2 Å².